The number of rotatable bonds is 0. The van der Waals surface area contributed by atoms with Crippen LogP contribution in [0.3, 0.4) is 0 Å². The summed E-state index contributed by atoms with van der Waals surface area (Å²) >= 11 is 0. The number of aromatic hydroxyl groups is 2. The highest BCUT2D eigenvalue weighted by Crippen LogP contribution is 2.35. The summed E-state index contributed by atoms with van der Waals surface area (Å²) in [5.41, 5.74) is 0.749. The Morgan fingerprint density at radius 3 is 2.92 bits per heavy atom. The van der Waals surface area contributed by atoms with Crippen LogP contribution in [0.15, 0.2) is 12.1 Å². The molecule has 1 aromatic rings. The quantitative estimate of drug-likeness (QED) is 0.608. The van der Waals surface area contributed by atoms with Gasteiger partial charge < -0.3 is 14.9 Å². The summed E-state index contributed by atoms with van der Waals surface area (Å²) in [5, 5.41) is 18.5. The molecule has 2 rings (SSSR count). The fourth-order valence-corrected chi connectivity index (χ4v) is 1.30. The zero-order valence-corrected chi connectivity index (χ0v) is 6.45. The summed E-state index contributed by atoms with van der Waals surface area (Å²) in [4.78, 5) is 0. The van der Waals surface area contributed by atoms with Crippen LogP contribution in [0.5, 0.6) is 17.2 Å². The van der Waals surface area contributed by atoms with Gasteiger partial charge in [-0.2, -0.15) is 0 Å². The van der Waals surface area contributed by atoms with E-state index in [2.05, 4.69) is 0 Å². The van der Waals surface area contributed by atoms with Crippen molar-refractivity contribution in [2.24, 2.45) is 0 Å². The molecule has 0 saturated carbocycles. The summed E-state index contributed by atoms with van der Waals surface area (Å²) in [6.45, 7) is 0.538. The van der Waals surface area contributed by atoms with Gasteiger partial charge in [-0.3, -0.25) is 0 Å². The molecule has 3 nitrogen and oxygen atoms in total. The third-order valence-electron chi connectivity index (χ3n) is 1.88. The Hall–Kier alpha value is -1.38. The van der Waals surface area contributed by atoms with E-state index in [4.69, 9.17) is 9.84 Å². The van der Waals surface area contributed by atoms with Crippen molar-refractivity contribution in [1.82, 2.24) is 0 Å². The maximum Gasteiger partial charge on any atom is 0.129 e. The van der Waals surface area contributed by atoms with E-state index in [1.54, 1.807) is 0 Å². The van der Waals surface area contributed by atoms with E-state index in [1.165, 1.54) is 12.1 Å². The van der Waals surface area contributed by atoms with Gasteiger partial charge in [-0.05, 0) is 6.42 Å². The Balaban J connectivity index is 2.53. The number of hydrogen-bond donors (Lipinski definition) is 2. The monoisotopic (exact) mass is 165 g/mol. The maximum atomic E-state index is 9.38. The molecule has 12 heavy (non-hydrogen) atoms. The third kappa shape index (κ3) is 1.07. The smallest absolute Gasteiger partial charge is 0.129 e. The van der Waals surface area contributed by atoms with Crippen molar-refractivity contribution in [2.75, 3.05) is 6.61 Å². The molecule has 1 aliphatic heterocycles. The molecule has 1 heterocycles. The minimum absolute atomic E-state index is 0.0353. The van der Waals surface area contributed by atoms with Crippen molar-refractivity contribution in [3.63, 3.8) is 0 Å². The van der Waals surface area contributed by atoms with Crippen LogP contribution in [-0.4, -0.2) is 16.8 Å². The Labute approximate surface area is 70.2 Å². The molecule has 0 atom stereocenters. The predicted molar refractivity (Wildman–Crippen MR) is 43.3 cm³/mol. The lowest BCUT2D eigenvalue weighted by atomic mass is 10.1. The van der Waals surface area contributed by atoms with Crippen LogP contribution in [0.2, 0.25) is 0 Å². The highest BCUT2D eigenvalue weighted by atomic mass is 16.5. The maximum absolute atomic E-state index is 9.38. The first-order valence-corrected chi connectivity index (χ1v) is 3.76. The molecule has 3 heteroatoms. The first kappa shape index (κ1) is 7.28. The van der Waals surface area contributed by atoms with Gasteiger partial charge in [0.15, 0.2) is 0 Å². The number of benzene rings is 1. The number of ether oxygens (including phenoxy) is 1. The molecular formula is C9H9O3. The molecule has 63 valence electrons. The SMILES string of the molecule is Oc1cc(O)c2c(c1)OC[CH]C2. The Bertz CT molecular complexity index is 307. The van der Waals surface area contributed by atoms with Gasteiger partial charge in [0.2, 0.25) is 0 Å². The van der Waals surface area contributed by atoms with Gasteiger partial charge >= 0.3 is 0 Å². The van der Waals surface area contributed by atoms with Crippen molar-refractivity contribution >= 4 is 0 Å². The van der Waals surface area contributed by atoms with Crippen molar-refractivity contribution in [1.29, 1.82) is 0 Å². The van der Waals surface area contributed by atoms with E-state index in [1.807, 2.05) is 6.42 Å². The lowest BCUT2D eigenvalue weighted by Gasteiger charge is -2.17. The molecule has 1 radical (unpaired) electrons. The van der Waals surface area contributed by atoms with Gasteiger partial charge in [-0.15, -0.1) is 0 Å². The second-order valence-electron chi connectivity index (χ2n) is 2.75. The molecule has 0 fully saturated rings. The fourth-order valence-electron chi connectivity index (χ4n) is 1.30. The molecule has 2 N–H and O–H groups in total. The predicted octanol–water partition coefficient (Wildman–Crippen LogP) is 1.24. The van der Waals surface area contributed by atoms with Gasteiger partial charge in [0.05, 0.1) is 6.61 Å². The Kier molecular flexibility index (Phi) is 1.57. The summed E-state index contributed by atoms with van der Waals surface area (Å²) in [5.74, 6) is 0.712. The number of hydrogen-bond acceptors (Lipinski definition) is 3. The first-order chi connectivity index (χ1) is 5.77. The Morgan fingerprint density at radius 2 is 2.08 bits per heavy atom. The van der Waals surface area contributed by atoms with Crippen LogP contribution in [0.4, 0.5) is 0 Å². The average Bonchev–Trinajstić information content (AvgIpc) is 2.04. The average molecular weight is 165 g/mol. The molecule has 0 aromatic heterocycles. The van der Waals surface area contributed by atoms with E-state index in [0.29, 0.717) is 18.8 Å². The normalized spacial score (nSPS) is 15.0. The minimum atomic E-state index is 0.0353. The first-order valence-electron chi connectivity index (χ1n) is 3.76. The lowest BCUT2D eigenvalue weighted by molar-refractivity contribution is 0.319. The molecule has 0 amide bonds. The summed E-state index contributed by atoms with van der Waals surface area (Å²) in [6.07, 6.45) is 2.63. The van der Waals surface area contributed by atoms with E-state index in [9.17, 15) is 5.11 Å². The van der Waals surface area contributed by atoms with Gasteiger partial charge in [-0.1, -0.05) is 0 Å². The van der Waals surface area contributed by atoms with Crippen LogP contribution in [-0.2, 0) is 6.42 Å². The topological polar surface area (TPSA) is 49.7 Å². The second kappa shape index (κ2) is 2.59. The molecule has 1 aliphatic rings. The van der Waals surface area contributed by atoms with Crippen molar-refractivity contribution in [3.05, 3.63) is 24.1 Å². The molecule has 0 saturated heterocycles. The largest absolute Gasteiger partial charge is 0.508 e. The fraction of sp³-hybridized carbons (Fsp3) is 0.222. The molecule has 0 aliphatic carbocycles. The van der Waals surface area contributed by atoms with Gasteiger partial charge in [0.1, 0.15) is 17.2 Å². The van der Waals surface area contributed by atoms with E-state index < -0.39 is 0 Å². The summed E-state index contributed by atoms with van der Waals surface area (Å²) in [7, 11) is 0. The van der Waals surface area contributed by atoms with E-state index in [0.717, 1.165) is 5.56 Å². The van der Waals surface area contributed by atoms with Crippen LogP contribution in [0, 0.1) is 6.42 Å². The number of phenols is 2. The van der Waals surface area contributed by atoms with Crippen LogP contribution in [0.25, 0.3) is 0 Å². The minimum Gasteiger partial charge on any atom is -0.508 e. The standard InChI is InChI=1S/C9H9O3/c10-6-4-8(11)7-2-1-3-12-9(7)5-6/h1,4-5,10-11H,2-3H2. The zero-order chi connectivity index (χ0) is 8.55. The van der Waals surface area contributed by atoms with Crippen LogP contribution < -0.4 is 4.74 Å². The molecule has 0 bridgehead atoms. The van der Waals surface area contributed by atoms with Crippen molar-refractivity contribution in [2.45, 2.75) is 6.42 Å². The molecular weight excluding hydrogens is 156 g/mol. The van der Waals surface area contributed by atoms with Crippen LogP contribution in [0.1, 0.15) is 5.56 Å². The lowest BCUT2D eigenvalue weighted by Crippen LogP contribution is -2.08. The molecule has 0 spiro atoms. The van der Waals surface area contributed by atoms with Gasteiger partial charge in [0.25, 0.3) is 0 Å². The second-order valence-corrected chi connectivity index (χ2v) is 2.75. The highest BCUT2D eigenvalue weighted by molar-refractivity contribution is 5.50. The summed E-state index contributed by atoms with van der Waals surface area (Å²) in [6, 6.07) is 2.84. The molecule has 0 unspecified atom stereocenters. The van der Waals surface area contributed by atoms with Crippen LogP contribution >= 0.6 is 0 Å². The summed E-state index contributed by atoms with van der Waals surface area (Å²) < 4.78 is 5.21. The highest BCUT2D eigenvalue weighted by Gasteiger charge is 2.15. The van der Waals surface area contributed by atoms with Crippen molar-refractivity contribution in [3.8, 4) is 17.2 Å². The zero-order valence-electron chi connectivity index (χ0n) is 6.45. The third-order valence-corrected chi connectivity index (χ3v) is 1.88. The Morgan fingerprint density at radius 1 is 1.25 bits per heavy atom. The van der Waals surface area contributed by atoms with Gasteiger partial charge in [-0.25, -0.2) is 0 Å². The van der Waals surface area contributed by atoms with E-state index >= 15 is 0 Å². The number of fused-ring (bicyclic) bond motifs is 1. The van der Waals surface area contributed by atoms with Crippen molar-refractivity contribution < 1.29 is 14.9 Å². The van der Waals surface area contributed by atoms with E-state index in [-0.39, 0.29) is 11.5 Å². The van der Waals surface area contributed by atoms with Gasteiger partial charge in [0, 0.05) is 24.1 Å². The number of phenolic OH excluding ortho intramolecular Hbond substituents is 2. The molecule has 1 aromatic carbocycles.